The summed E-state index contributed by atoms with van der Waals surface area (Å²) in [4.78, 5) is 8.74. The number of amidine groups is 1. The van der Waals surface area contributed by atoms with Crippen LogP contribution in [0.4, 0.5) is 0 Å². The van der Waals surface area contributed by atoms with E-state index in [0.717, 1.165) is 22.5 Å². The lowest BCUT2D eigenvalue weighted by molar-refractivity contribution is 0.235. The second kappa shape index (κ2) is 7.18. The van der Waals surface area contributed by atoms with E-state index in [1.54, 1.807) is 7.05 Å². The van der Waals surface area contributed by atoms with E-state index >= 15 is 0 Å². The van der Waals surface area contributed by atoms with Crippen molar-refractivity contribution in [2.75, 3.05) is 7.05 Å². The second-order valence-electron chi connectivity index (χ2n) is 6.08. The lowest BCUT2D eigenvalue weighted by Gasteiger charge is -2.18. The number of hydrogen-bond acceptors (Lipinski definition) is 3. The number of nitrogens with one attached hydrogen (secondary N) is 1. The van der Waals surface area contributed by atoms with Crippen LogP contribution >= 0.6 is 0 Å². The molecule has 0 fully saturated rings. The highest BCUT2D eigenvalue weighted by atomic mass is 16.5. The summed E-state index contributed by atoms with van der Waals surface area (Å²) in [7, 11) is 1.78. The SMILES string of the molecule is CN=C(/C=C(\C)N=C(NO)c1ccc(C)cc1)C(C)(C)C. The van der Waals surface area contributed by atoms with Gasteiger partial charge >= 0.3 is 0 Å². The van der Waals surface area contributed by atoms with Crippen molar-refractivity contribution in [1.29, 1.82) is 0 Å². The van der Waals surface area contributed by atoms with E-state index in [2.05, 4.69) is 36.2 Å². The number of hydrogen-bond donors (Lipinski definition) is 2. The predicted octanol–water partition coefficient (Wildman–Crippen LogP) is 3.74. The fourth-order valence-corrected chi connectivity index (χ4v) is 1.89. The first-order valence-electron chi connectivity index (χ1n) is 6.99. The fraction of sp³-hybridized carbons (Fsp3) is 0.412. The molecule has 0 aliphatic rings. The fourth-order valence-electron chi connectivity index (χ4n) is 1.89. The number of nitrogens with zero attached hydrogens (tertiary/aromatic N) is 2. The van der Waals surface area contributed by atoms with Gasteiger partial charge in [-0.15, -0.1) is 0 Å². The normalized spacial score (nSPS) is 14.3. The van der Waals surface area contributed by atoms with Crippen LogP contribution in [-0.2, 0) is 0 Å². The van der Waals surface area contributed by atoms with Crippen molar-refractivity contribution in [1.82, 2.24) is 5.48 Å². The third-order valence-corrected chi connectivity index (χ3v) is 3.07. The Morgan fingerprint density at radius 1 is 1.19 bits per heavy atom. The zero-order valence-electron chi connectivity index (χ0n) is 13.7. The second-order valence-corrected chi connectivity index (χ2v) is 6.08. The Hall–Kier alpha value is -1.94. The highest BCUT2D eigenvalue weighted by Gasteiger charge is 2.16. The molecule has 0 saturated carbocycles. The monoisotopic (exact) mass is 287 g/mol. The van der Waals surface area contributed by atoms with Gasteiger partial charge in [0.2, 0.25) is 0 Å². The molecule has 0 bridgehead atoms. The van der Waals surface area contributed by atoms with E-state index in [-0.39, 0.29) is 5.41 Å². The molecule has 2 N–H and O–H groups in total. The maximum Gasteiger partial charge on any atom is 0.157 e. The number of aryl methyl sites for hydroxylation is 1. The van der Waals surface area contributed by atoms with Crippen molar-refractivity contribution in [3.05, 3.63) is 47.2 Å². The Balaban J connectivity index is 3.10. The first kappa shape index (κ1) is 17.1. The Morgan fingerprint density at radius 2 is 1.76 bits per heavy atom. The largest absolute Gasteiger partial charge is 0.292 e. The van der Waals surface area contributed by atoms with Crippen LogP contribution in [-0.4, -0.2) is 23.8 Å². The van der Waals surface area contributed by atoms with Crippen molar-refractivity contribution in [2.45, 2.75) is 34.6 Å². The summed E-state index contributed by atoms with van der Waals surface area (Å²) < 4.78 is 0. The summed E-state index contributed by atoms with van der Waals surface area (Å²) in [6, 6.07) is 7.80. The van der Waals surface area contributed by atoms with Gasteiger partial charge in [-0.25, -0.2) is 4.99 Å². The number of rotatable bonds is 3. The molecule has 0 aliphatic carbocycles. The molecule has 0 aromatic heterocycles. The minimum Gasteiger partial charge on any atom is -0.292 e. The minimum atomic E-state index is -0.0395. The van der Waals surface area contributed by atoms with Gasteiger partial charge in [-0.2, -0.15) is 0 Å². The maximum absolute atomic E-state index is 9.31. The molecule has 0 radical (unpaired) electrons. The van der Waals surface area contributed by atoms with Crippen LogP contribution in [0.25, 0.3) is 0 Å². The van der Waals surface area contributed by atoms with Gasteiger partial charge in [0.15, 0.2) is 5.84 Å². The first-order chi connectivity index (χ1) is 9.77. The van der Waals surface area contributed by atoms with Crippen LogP contribution in [0.15, 0.2) is 46.0 Å². The molecule has 114 valence electrons. The van der Waals surface area contributed by atoms with E-state index < -0.39 is 0 Å². The van der Waals surface area contributed by atoms with Gasteiger partial charge in [0, 0.05) is 29.4 Å². The van der Waals surface area contributed by atoms with E-state index in [1.165, 1.54) is 0 Å². The number of benzene rings is 1. The highest BCUT2D eigenvalue weighted by Crippen LogP contribution is 2.18. The van der Waals surface area contributed by atoms with Crippen LogP contribution in [0.1, 0.15) is 38.8 Å². The molecule has 0 aliphatic heterocycles. The molecule has 0 spiro atoms. The number of allylic oxidation sites excluding steroid dienone is 2. The van der Waals surface area contributed by atoms with E-state index in [9.17, 15) is 5.21 Å². The van der Waals surface area contributed by atoms with Gasteiger partial charge in [0.25, 0.3) is 0 Å². The predicted molar refractivity (Wildman–Crippen MR) is 89.2 cm³/mol. The molecule has 0 saturated heterocycles. The van der Waals surface area contributed by atoms with Gasteiger partial charge < -0.3 is 0 Å². The van der Waals surface area contributed by atoms with Crippen molar-refractivity contribution in [2.24, 2.45) is 15.4 Å². The van der Waals surface area contributed by atoms with Crippen LogP contribution in [0.3, 0.4) is 0 Å². The maximum atomic E-state index is 9.31. The smallest absolute Gasteiger partial charge is 0.157 e. The molecule has 0 heterocycles. The van der Waals surface area contributed by atoms with Gasteiger partial charge in [0.1, 0.15) is 0 Å². The van der Waals surface area contributed by atoms with E-state index in [4.69, 9.17) is 0 Å². The molecule has 0 atom stereocenters. The van der Waals surface area contributed by atoms with Crippen LogP contribution < -0.4 is 5.48 Å². The van der Waals surface area contributed by atoms with Gasteiger partial charge in [0.05, 0.1) is 0 Å². The van der Waals surface area contributed by atoms with Crippen molar-refractivity contribution in [3.63, 3.8) is 0 Å². The Bertz CT molecular complexity index is 561. The average Bonchev–Trinajstić information content (AvgIpc) is 2.42. The summed E-state index contributed by atoms with van der Waals surface area (Å²) >= 11 is 0. The van der Waals surface area contributed by atoms with E-state index in [0.29, 0.717) is 5.84 Å². The van der Waals surface area contributed by atoms with E-state index in [1.807, 2.05) is 44.2 Å². The number of aliphatic imine (C=N–C) groups is 2. The molecule has 1 aromatic carbocycles. The summed E-state index contributed by atoms with van der Waals surface area (Å²) in [6.07, 6.45) is 1.94. The average molecular weight is 287 g/mol. The lowest BCUT2D eigenvalue weighted by Crippen LogP contribution is -2.21. The third kappa shape index (κ3) is 5.16. The van der Waals surface area contributed by atoms with Crippen molar-refractivity contribution in [3.8, 4) is 0 Å². The van der Waals surface area contributed by atoms with Gasteiger partial charge in [-0.1, -0.05) is 50.6 Å². The Morgan fingerprint density at radius 3 is 2.19 bits per heavy atom. The summed E-state index contributed by atoms with van der Waals surface area (Å²) in [6.45, 7) is 10.2. The van der Waals surface area contributed by atoms with Gasteiger partial charge in [-0.05, 0) is 19.9 Å². The molecule has 4 heteroatoms. The zero-order valence-corrected chi connectivity index (χ0v) is 13.7. The molecule has 1 rings (SSSR count). The number of hydroxylamine groups is 1. The molecule has 0 unspecified atom stereocenters. The van der Waals surface area contributed by atoms with Crippen molar-refractivity contribution < 1.29 is 5.21 Å². The lowest BCUT2D eigenvalue weighted by atomic mass is 9.89. The molecular weight excluding hydrogens is 262 g/mol. The standard InChI is InChI=1S/C17H25N3O/c1-12-7-9-14(10-8-12)16(20-21)19-13(2)11-15(18-6)17(3,4)5/h7-11,21H,1-6H3,(H,19,20)/b13-11+,18-15?. The summed E-state index contributed by atoms with van der Waals surface area (Å²) in [5.41, 5.74) is 5.87. The third-order valence-electron chi connectivity index (χ3n) is 3.07. The Kier molecular flexibility index (Phi) is 5.85. The van der Waals surface area contributed by atoms with Gasteiger partial charge in [-0.3, -0.25) is 15.7 Å². The highest BCUT2D eigenvalue weighted by molar-refractivity contribution is 6.01. The quantitative estimate of drug-likeness (QED) is 0.505. The zero-order chi connectivity index (χ0) is 16.0. The molecular formula is C17H25N3O. The van der Waals surface area contributed by atoms with Crippen LogP contribution in [0, 0.1) is 12.3 Å². The molecule has 4 nitrogen and oxygen atoms in total. The first-order valence-corrected chi connectivity index (χ1v) is 6.99. The topological polar surface area (TPSA) is 57.0 Å². The summed E-state index contributed by atoms with van der Waals surface area (Å²) in [5, 5.41) is 9.31. The Labute approximate surface area is 127 Å². The summed E-state index contributed by atoms with van der Waals surface area (Å²) in [5.74, 6) is 0.424. The van der Waals surface area contributed by atoms with Crippen LogP contribution in [0.5, 0.6) is 0 Å². The molecule has 1 aromatic rings. The molecule has 0 amide bonds. The minimum absolute atomic E-state index is 0.0395. The van der Waals surface area contributed by atoms with Crippen molar-refractivity contribution >= 4 is 11.5 Å². The van der Waals surface area contributed by atoms with Crippen LogP contribution in [0.2, 0.25) is 0 Å². The molecule has 21 heavy (non-hydrogen) atoms.